The van der Waals surface area contributed by atoms with Crippen LogP contribution in [0.3, 0.4) is 0 Å². The molecule has 0 unspecified atom stereocenters. The van der Waals surface area contributed by atoms with E-state index in [1.54, 1.807) is 0 Å². The molecule has 0 aromatic rings. The van der Waals surface area contributed by atoms with Gasteiger partial charge in [-0.3, -0.25) is 0 Å². The first-order valence-electron chi connectivity index (χ1n) is 3.13. The molecule has 7 N–H and O–H groups in total. The summed E-state index contributed by atoms with van der Waals surface area (Å²) in [5.41, 5.74) is 13.3. The summed E-state index contributed by atoms with van der Waals surface area (Å²) in [6.45, 7) is 0. The van der Waals surface area contributed by atoms with Crippen molar-refractivity contribution in [3.8, 4) is 0 Å². The first-order chi connectivity index (χ1) is 5.02. The zero-order valence-electron chi connectivity index (χ0n) is 6.45. The van der Waals surface area contributed by atoms with Gasteiger partial charge in [0.2, 0.25) is 0 Å². The van der Waals surface area contributed by atoms with Gasteiger partial charge in [-0.2, -0.15) is 0 Å². The van der Waals surface area contributed by atoms with Crippen molar-refractivity contribution in [1.82, 2.24) is 5.32 Å². The fourth-order valence-corrected chi connectivity index (χ4v) is 0.429. The van der Waals surface area contributed by atoms with Crippen molar-refractivity contribution >= 4 is 24.5 Å². The Morgan fingerprint density at radius 1 is 1.17 bits per heavy atom. The second kappa shape index (κ2) is 6.53. The number of primary amides is 3. The second-order valence-corrected chi connectivity index (χ2v) is 2.19. The molecule has 1 aliphatic carbocycles. The van der Waals surface area contributed by atoms with E-state index in [2.05, 4.69) is 16.8 Å². The predicted molar refractivity (Wildman–Crippen MR) is 46.8 cm³/mol. The van der Waals surface area contributed by atoms with Gasteiger partial charge in [0, 0.05) is 6.04 Å². The highest BCUT2D eigenvalue weighted by atomic mass is 35.5. The summed E-state index contributed by atoms with van der Waals surface area (Å²) in [6, 6.07) is -0.833. The number of hydrogen-bond acceptors (Lipinski definition) is 2. The second-order valence-electron chi connectivity index (χ2n) is 2.19. The lowest BCUT2D eigenvalue weighted by atomic mass is 10.7. The average Bonchev–Trinajstić information content (AvgIpc) is 2.45. The van der Waals surface area contributed by atoms with Gasteiger partial charge in [0.25, 0.3) is 0 Å². The molecular weight excluding hydrogens is 184 g/mol. The first kappa shape index (κ1) is 13.4. The molecule has 0 aromatic carbocycles. The Kier molecular flexibility index (Phi) is 7.31. The van der Waals surface area contributed by atoms with Gasteiger partial charge in [-0.15, -0.1) is 12.4 Å². The van der Waals surface area contributed by atoms with Crippen LogP contribution in [-0.4, -0.2) is 18.1 Å². The van der Waals surface area contributed by atoms with Crippen molar-refractivity contribution in [2.75, 3.05) is 0 Å². The standard InChI is InChI=1S/C4H8N2O.CH4N2O.ClH/c5-4(7)6-3-1-2-3;2-1(3)4;/h3H,1-2H2,(H3,5,6,7);(H4,2,3,4);1H. The smallest absolute Gasteiger partial charge is 0.312 e. The van der Waals surface area contributed by atoms with Gasteiger partial charge in [0.05, 0.1) is 0 Å². The van der Waals surface area contributed by atoms with Gasteiger partial charge in [-0.1, -0.05) is 0 Å². The minimum atomic E-state index is -0.833. The predicted octanol–water partition coefficient (Wildman–Crippen LogP) is -0.737. The molecule has 6 nitrogen and oxygen atoms in total. The maximum absolute atomic E-state index is 9.96. The molecule has 0 heterocycles. The SMILES string of the molecule is Cl.NC(=O)NC1CC1.NC(N)=O. The minimum Gasteiger partial charge on any atom is -0.352 e. The van der Waals surface area contributed by atoms with Crippen LogP contribution < -0.4 is 22.5 Å². The molecule has 12 heavy (non-hydrogen) atoms. The molecular formula is C5H13ClN4O2. The molecule has 0 saturated heterocycles. The van der Waals surface area contributed by atoms with E-state index in [1.807, 2.05) is 0 Å². The number of carbonyl (C=O) groups is 2. The Balaban J connectivity index is 0. The highest BCUT2D eigenvalue weighted by molar-refractivity contribution is 5.85. The molecule has 4 amide bonds. The number of carbonyl (C=O) groups excluding carboxylic acids is 2. The highest BCUT2D eigenvalue weighted by Crippen LogP contribution is 2.17. The third-order valence-corrected chi connectivity index (χ3v) is 0.924. The van der Waals surface area contributed by atoms with Crippen molar-refractivity contribution in [3.05, 3.63) is 0 Å². The highest BCUT2D eigenvalue weighted by Gasteiger charge is 2.21. The Morgan fingerprint density at radius 2 is 1.50 bits per heavy atom. The third kappa shape index (κ3) is 15.9. The van der Waals surface area contributed by atoms with E-state index >= 15 is 0 Å². The van der Waals surface area contributed by atoms with E-state index in [4.69, 9.17) is 10.5 Å². The van der Waals surface area contributed by atoms with E-state index in [0.717, 1.165) is 12.8 Å². The van der Waals surface area contributed by atoms with Crippen LogP contribution in [0.25, 0.3) is 0 Å². The van der Waals surface area contributed by atoms with E-state index in [0.29, 0.717) is 6.04 Å². The number of nitrogens with one attached hydrogen (secondary N) is 1. The summed E-state index contributed by atoms with van der Waals surface area (Å²) in [6.07, 6.45) is 2.20. The van der Waals surface area contributed by atoms with Gasteiger partial charge in [0.15, 0.2) is 0 Å². The fraction of sp³-hybridized carbons (Fsp3) is 0.600. The zero-order valence-corrected chi connectivity index (χ0v) is 7.26. The normalized spacial score (nSPS) is 13.0. The maximum atomic E-state index is 9.96. The minimum absolute atomic E-state index is 0. The molecule has 0 atom stereocenters. The van der Waals surface area contributed by atoms with Gasteiger partial charge >= 0.3 is 12.1 Å². The molecule has 1 saturated carbocycles. The van der Waals surface area contributed by atoms with E-state index in [1.165, 1.54) is 0 Å². The van der Waals surface area contributed by atoms with Gasteiger partial charge < -0.3 is 22.5 Å². The van der Waals surface area contributed by atoms with Crippen molar-refractivity contribution in [3.63, 3.8) is 0 Å². The lowest BCUT2D eigenvalue weighted by Gasteiger charge is -1.91. The number of amides is 4. The molecule has 72 valence electrons. The molecule has 1 fully saturated rings. The largest absolute Gasteiger partial charge is 0.352 e. The summed E-state index contributed by atoms with van der Waals surface area (Å²) in [5.74, 6) is 0. The molecule has 0 spiro atoms. The van der Waals surface area contributed by atoms with Gasteiger partial charge in [-0.25, -0.2) is 9.59 Å². The number of nitrogens with two attached hydrogens (primary N) is 3. The van der Waals surface area contributed by atoms with Crippen LogP contribution in [0.15, 0.2) is 0 Å². The fourth-order valence-electron chi connectivity index (χ4n) is 0.429. The van der Waals surface area contributed by atoms with E-state index in [-0.39, 0.29) is 12.4 Å². The van der Waals surface area contributed by atoms with Crippen LogP contribution in [0, 0.1) is 0 Å². The molecule has 0 aromatic heterocycles. The van der Waals surface area contributed by atoms with Crippen molar-refractivity contribution in [2.24, 2.45) is 17.2 Å². The van der Waals surface area contributed by atoms with Gasteiger partial charge in [-0.05, 0) is 12.8 Å². The molecule has 1 rings (SSSR count). The summed E-state index contributed by atoms with van der Waals surface area (Å²) in [7, 11) is 0. The average molecular weight is 197 g/mol. The Hall–Kier alpha value is -1.17. The number of halogens is 1. The maximum Gasteiger partial charge on any atom is 0.312 e. The number of urea groups is 2. The number of rotatable bonds is 1. The molecule has 7 heteroatoms. The third-order valence-electron chi connectivity index (χ3n) is 0.924. The Morgan fingerprint density at radius 3 is 1.58 bits per heavy atom. The van der Waals surface area contributed by atoms with Crippen molar-refractivity contribution in [1.29, 1.82) is 0 Å². The monoisotopic (exact) mass is 196 g/mol. The summed E-state index contributed by atoms with van der Waals surface area (Å²) < 4.78 is 0. The molecule has 1 aliphatic rings. The lowest BCUT2D eigenvalue weighted by molar-refractivity contribution is 0.248. The quantitative estimate of drug-likeness (QED) is 0.441. The van der Waals surface area contributed by atoms with Gasteiger partial charge in [0.1, 0.15) is 0 Å². The topological polar surface area (TPSA) is 124 Å². The summed E-state index contributed by atoms with van der Waals surface area (Å²) in [4.78, 5) is 19.0. The first-order valence-corrected chi connectivity index (χ1v) is 3.13. The van der Waals surface area contributed by atoms with Crippen LogP contribution in [0.5, 0.6) is 0 Å². The van der Waals surface area contributed by atoms with Crippen LogP contribution in [0.1, 0.15) is 12.8 Å². The molecule has 0 aliphatic heterocycles. The number of hydrogen-bond donors (Lipinski definition) is 4. The summed E-state index contributed by atoms with van der Waals surface area (Å²) >= 11 is 0. The summed E-state index contributed by atoms with van der Waals surface area (Å²) in [5, 5.41) is 2.56. The molecule has 0 bridgehead atoms. The molecule has 0 radical (unpaired) electrons. The van der Waals surface area contributed by atoms with Crippen LogP contribution in [0.2, 0.25) is 0 Å². The zero-order chi connectivity index (χ0) is 8.85. The van der Waals surface area contributed by atoms with Crippen LogP contribution in [0.4, 0.5) is 9.59 Å². The Labute approximate surface area is 76.2 Å². The van der Waals surface area contributed by atoms with Crippen molar-refractivity contribution < 1.29 is 9.59 Å². The van der Waals surface area contributed by atoms with Crippen LogP contribution >= 0.6 is 12.4 Å². The lowest BCUT2D eigenvalue weighted by Crippen LogP contribution is -2.30. The van der Waals surface area contributed by atoms with E-state index < -0.39 is 12.1 Å². The van der Waals surface area contributed by atoms with Crippen molar-refractivity contribution in [2.45, 2.75) is 18.9 Å². The van der Waals surface area contributed by atoms with Crippen LogP contribution in [-0.2, 0) is 0 Å². The Bertz CT molecular complexity index is 156. The van der Waals surface area contributed by atoms with E-state index in [9.17, 15) is 4.79 Å².